The molecular weight excluding hydrogens is 208 g/mol. The fourth-order valence-electron chi connectivity index (χ4n) is 1.83. The zero-order chi connectivity index (χ0) is 12.0. The average Bonchev–Trinajstić information content (AvgIpc) is 2.35. The summed E-state index contributed by atoms with van der Waals surface area (Å²) in [7, 11) is 0. The summed E-state index contributed by atoms with van der Waals surface area (Å²) in [5.74, 6) is 0. The molecular formula is C11H22N2O3. The Kier molecular flexibility index (Phi) is 5.55. The third kappa shape index (κ3) is 3.64. The molecule has 1 fully saturated rings. The van der Waals surface area contributed by atoms with Crippen LogP contribution in [0.15, 0.2) is 0 Å². The highest BCUT2D eigenvalue weighted by Gasteiger charge is 2.23. The number of hydrogen-bond acceptors (Lipinski definition) is 4. The van der Waals surface area contributed by atoms with E-state index in [0.717, 1.165) is 19.5 Å². The van der Waals surface area contributed by atoms with Gasteiger partial charge in [-0.15, -0.1) is 0 Å². The monoisotopic (exact) mass is 230 g/mol. The lowest BCUT2D eigenvalue weighted by atomic mass is 10.2. The van der Waals surface area contributed by atoms with Gasteiger partial charge in [-0.3, -0.25) is 4.90 Å². The van der Waals surface area contributed by atoms with Crippen LogP contribution in [0.2, 0.25) is 0 Å². The highest BCUT2D eigenvalue weighted by atomic mass is 16.6. The Morgan fingerprint density at radius 3 is 2.50 bits per heavy atom. The molecule has 0 aliphatic carbocycles. The molecule has 1 aliphatic rings. The molecule has 1 heterocycles. The Balaban J connectivity index is 2.28. The molecule has 0 bridgehead atoms. The summed E-state index contributed by atoms with van der Waals surface area (Å²) in [5, 5.41) is 8.56. The minimum absolute atomic E-state index is 0.0877. The Morgan fingerprint density at radius 1 is 1.38 bits per heavy atom. The van der Waals surface area contributed by atoms with Crippen molar-refractivity contribution in [3.63, 3.8) is 0 Å². The summed E-state index contributed by atoms with van der Waals surface area (Å²) in [5.41, 5.74) is 0. The zero-order valence-corrected chi connectivity index (χ0v) is 10.2. The number of carbonyl (C=O) groups is 1. The van der Waals surface area contributed by atoms with E-state index in [-0.39, 0.29) is 19.3 Å². The summed E-state index contributed by atoms with van der Waals surface area (Å²) in [4.78, 5) is 15.6. The second-order valence-corrected chi connectivity index (χ2v) is 4.12. The molecule has 0 saturated carbocycles. The molecule has 1 atom stereocenters. The van der Waals surface area contributed by atoms with E-state index in [1.54, 1.807) is 4.90 Å². The minimum Gasteiger partial charge on any atom is -0.447 e. The van der Waals surface area contributed by atoms with Crippen molar-refractivity contribution >= 4 is 6.09 Å². The van der Waals surface area contributed by atoms with Gasteiger partial charge in [-0.2, -0.15) is 0 Å². The predicted octanol–water partition coefficient (Wildman–Crippen LogP) is 0.531. The lowest BCUT2D eigenvalue weighted by Gasteiger charge is -2.37. The molecule has 16 heavy (non-hydrogen) atoms. The topological polar surface area (TPSA) is 53.0 Å². The Morgan fingerprint density at radius 2 is 2.00 bits per heavy atom. The molecule has 0 aromatic heterocycles. The van der Waals surface area contributed by atoms with Crippen LogP contribution in [-0.2, 0) is 4.74 Å². The predicted molar refractivity (Wildman–Crippen MR) is 61.3 cm³/mol. The van der Waals surface area contributed by atoms with Crippen molar-refractivity contribution in [1.82, 2.24) is 9.80 Å². The molecule has 1 N–H and O–H groups in total. The summed E-state index contributed by atoms with van der Waals surface area (Å²) in [6.07, 6.45) is 0.826. The van der Waals surface area contributed by atoms with Crippen molar-refractivity contribution in [2.24, 2.45) is 0 Å². The van der Waals surface area contributed by atoms with Gasteiger partial charge in [0.15, 0.2) is 0 Å². The van der Waals surface area contributed by atoms with Crippen LogP contribution >= 0.6 is 0 Å². The van der Waals surface area contributed by atoms with Gasteiger partial charge in [0.2, 0.25) is 0 Å². The van der Waals surface area contributed by atoms with E-state index in [1.165, 1.54) is 0 Å². The number of aliphatic hydroxyl groups excluding tert-OH is 1. The lowest BCUT2D eigenvalue weighted by Crippen LogP contribution is -2.51. The molecule has 5 heteroatoms. The number of aliphatic hydroxyl groups is 1. The van der Waals surface area contributed by atoms with E-state index < -0.39 is 0 Å². The van der Waals surface area contributed by atoms with Crippen molar-refractivity contribution in [3.8, 4) is 0 Å². The molecule has 1 unspecified atom stereocenters. The number of rotatable bonds is 4. The maximum Gasteiger partial charge on any atom is 0.409 e. The van der Waals surface area contributed by atoms with Crippen molar-refractivity contribution in [3.05, 3.63) is 0 Å². The number of nitrogens with zero attached hydrogens (tertiary/aromatic N) is 2. The second-order valence-electron chi connectivity index (χ2n) is 4.12. The van der Waals surface area contributed by atoms with Crippen LogP contribution in [0.4, 0.5) is 4.79 Å². The zero-order valence-electron chi connectivity index (χ0n) is 10.2. The van der Waals surface area contributed by atoms with E-state index >= 15 is 0 Å². The number of ether oxygens (including phenoxy) is 1. The third-order valence-electron chi connectivity index (χ3n) is 3.10. The highest BCUT2D eigenvalue weighted by molar-refractivity contribution is 5.67. The maximum atomic E-state index is 11.5. The van der Waals surface area contributed by atoms with Gasteiger partial charge < -0.3 is 14.7 Å². The quantitative estimate of drug-likeness (QED) is 0.765. The third-order valence-corrected chi connectivity index (χ3v) is 3.10. The van der Waals surface area contributed by atoms with Crippen molar-refractivity contribution in [1.29, 1.82) is 0 Å². The number of carbonyl (C=O) groups excluding carboxylic acids is 1. The van der Waals surface area contributed by atoms with Crippen LogP contribution < -0.4 is 0 Å². The maximum absolute atomic E-state index is 11.5. The molecule has 1 rings (SSSR count). The first-order valence-corrected chi connectivity index (χ1v) is 5.95. The van der Waals surface area contributed by atoms with Gasteiger partial charge in [0.05, 0.1) is 6.61 Å². The van der Waals surface area contributed by atoms with Crippen LogP contribution in [0.5, 0.6) is 0 Å². The van der Waals surface area contributed by atoms with Gasteiger partial charge >= 0.3 is 6.09 Å². The van der Waals surface area contributed by atoms with Crippen LogP contribution in [0, 0.1) is 0 Å². The summed E-state index contributed by atoms with van der Waals surface area (Å²) in [6.45, 7) is 7.60. The molecule has 5 nitrogen and oxygen atoms in total. The highest BCUT2D eigenvalue weighted by Crippen LogP contribution is 2.09. The summed E-state index contributed by atoms with van der Waals surface area (Å²) in [6, 6.07) is 0.579. The Labute approximate surface area is 97.0 Å². The Hall–Kier alpha value is -0.810. The SMILES string of the molecule is CCC(C)N1CCN(C(=O)OCCO)CC1. The van der Waals surface area contributed by atoms with Crippen molar-refractivity contribution in [2.75, 3.05) is 39.4 Å². The van der Waals surface area contributed by atoms with Gasteiger partial charge in [-0.25, -0.2) is 4.79 Å². The molecule has 1 amide bonds. The first kappa shape index (κ1) is 13.3. The van der Waals surface area contributed by atoms with Gasteiger partial charge in [0, 0.05) is 32.2 Å². The van der Waals surface area contributed by atoms with Crippen molar-refractivity contribution < 1.29 is 14.6 Å². The van der Waals surface area contributed by atoms with E-state index in [2.05, 4.69) is 18.7 Å². The first-order chi connectivity index (χ1) is 7.69. The van der Waals surface area contributed by atoms with Crippen LogP contribution in [0.25, 0.3) is 0 Å². The smallest absolute Gasteiger partial charge is 0.409 e. The normalized spacial score (nSPS) is 19.6. The average molecular weight is 230 g/mol. The lowest BCUT2D eigenvalue weighted by molar-refractivity contribution is 0.0560. The van der Waals surface area contributed by atoms with E-state index in [1.807, 2.05) is 0 Å². The van der Waals surface area contributed by atoms with Gasteiger partial charge in [0.1, 0.15) is 6.61 Å². The first-order valence-electron chi connectivity index (χ1n) is 5.95. The van der Waals surface area contributed by atoms with E-state index in [4.69, 9.17) is 9.84 Å². The molecule has 0 aromatic carbocycles. The van der Waals surface area contributed by atoms with Crippen molar-refractivity contribution in [2.45, 2.75) is 26.3 Å². The van der Waals surface area contributed by atoms with Crippen LogP contribution in [0.1, 0.15) is 20.3 Å². The Bertz CT molecular complexity index is 215. The minimum atomic E-state index is -0.308. The van der Waals surface area contributed by atoms with E-state index in [0.29, 0.717) is 19.1 Å². The molecule has 0 radical (unpaired) electrons. The number of piperazine rings is 1. The van der Waals surface area contributed by atoms with Gasteiger partial charge in [-0.05, 0) is 13.3 Å². The second kappa shape index (κ2) is 6.70. The largest absolute Gasteiger partial charge is 0.447 e. The number of hydrogen-bond donors (Lipinski definition) is 1. The fraction of sp³-hybridized carbons (Fsp3) is 0.909. The number of amides is 1. The molecule has 0 spiro atoms. The fourth-order valence-corrected chi connectivity index (χ4v) is 1.83. The molecule has 1 aliphatic heterocycles. The molecule has 94 valence electrons. The molecule has 0 aromatic rings. The van der Waals surface area contributed by atoms with Gasteiger partial charge in [-0.1, -0.05) is 6.92 Å². The summed E-state index contributed by atoms with van der Waals surface area (Å²) >= 11 is 0. The van der Waals surface area contributed by atoms with Crippen LogP contribution in [-0.4, -0.2) is 66.4 Å². The van der Waals surface area contributed by atoms with Crippen LogP contribution in [0.3, 0.4) is 0 Å². The molecule has 1 saturated heterocycles. The summed E-state index contributed by atoms with van der Waals surface area (Å²) < 4.78 is 4.87. The standard InChI is InChI=1S/C11H22N2O3/c1-3-10(2)12-4-6-13(7-5-12)11(15)16-9-8-14/h10,14H,3-9H2,1-2H3. The van der Waals surface area contributed by atoms with Gasteiger partial charge in [0.25, 0.3) is 0 Å². The van der Waals surface area contributed by atoms with E-state index in [9.17, 15) is 4.79 Å².